The highest BCUT2D eigenvalue weighted by atomic mass is 35.5. The summed E-state index contributed by atoms with van der Waals surface area (Å²) in [4.78, 5) is 0. The molecular weight excluding hydrogens is 265 g/mol. The number of rotatable bonds is 4. The highest BCUT2D eigenvalue weighted by molar-refractivity contribution is 6.30. The van der Waals surface area contributed by atoms with E-state index >= 15 is 0 Å². The van der Waals surface area contributed by atoms with Gasteiger partial charge < -0.3 is 10.1 Å². The molecule has 0 aromatic heterocycles. The van der Waals surface area contributed by atoms with Crippen LogP contribution in [0.15, 0.2) is 42.5 Å². The van der Waals surface area contributed by atoms with Crippen LogP contribution in [0.1, 0.15) is 17.2 Å². The van der Waals surface area contributed by atoms with Crippen molar-refractivity contribution in [2.75, 3.05) is 14.2 Å². The maximum absolute atomic E-state index is 13.9. The quantitative estimate of drug-likeness (QED) is 0.919. The summed E-state index contributed by atoms with van der Waals surface area (Å²) >= 11 is 5.95. The molecule has 0 saturated carbocycles. The van der Waals surface area contributed by atoms with Crippen LogP contribution in [0, 0.1) is 5.82 Å². The minimum Gasteiger partial charge on any atom is -0.496 e. The molecule has 2 rings (SSSR count). The standard InChI is InChI=1S/C15H15ClFNO/c1-18-15(11-5-3-4-6-13(11)17)12-8-7-10(16)9-14(12)19-2/h3-9,15,18H,1-2H3. The second-order valence-electron chi connectivity index (χ2n) is 4.13. The molecular formula is C15H15ClFNO. The van der Waals surface area contributed by atoms with E-state index in [1.165, 1.54) is 6.07 Å². The van der Waals surface area contributed by atoms with Crippen LogP contribution in [0.3, 0.4) is 0 Å². The minimum atomic E-state index is -0.284. The van der Waals surface area contributed by atoms with Crippen LogP contribution in [0.4, 0.5) is 4.39 Å². The van der Waals surface area contributed by atoms with Gasteiger partial charge in [0.1, 0.15) is 11.6 Å². The lowest BCUT2D eigenvalue weighted by Gasteiger charge is -2.20. The van der Waals surface area contributed by atoms with Crippen molar-refractivity contribution in [1.29, 1.82) is 0 Å². The van der Waals surface area contributed by atoms with E-state index < -0.39 is 0 Å². The van der Waals surface area contributed by atoms with Gasteiger partial charge in [0.05, 0.1) is 13.2 Å². The van der Waals surface area contributed by atoms with E-state index in [2.05, 4.69) is 5.32 Å². The number of benzene rings is 2. The molecule has 0 radical (unpaired) electrons. The molecule has 0 aliphatic rings. The van der Waals surface area contributed by atoms with E-state index in [4.69, 9.17) is 16.3 Å². The highest BCUT2D eigenvalue weighted by Gasteiger charge is 2.19. The average Bonchev–Trinajstić information content (AvgIpc) is 2.43. The van der Waals surface area contributed by atoms with Crippen LogP contribution < -0.4 is 10.1 Å². The fourth-order valence-corrected chi connectivity index (χ4v) is 2.27. The molecule has 0 heterocycles. The van der Waals surface area contributed by atoms with Crippen LogP contribution in [0.2, 0.25) is 5.02 Å². The van der Waals surface area contributed by atoms with Crippen LogP contribution >= 0.6 is 11.6 Å². The van der Waals surface area contributed by atoms with Crippen LogP contribution in [-0.2, 0) is 0 Å². The van der Waals surface area contributed by atoms with E-state index in [9.17, 15) is 4.39 Å². The van der Waals surface area contributed by atoms with Crippen molar-refractivity contribution in [3.05, 3.63) is 64.4 Å². The first-order valence-electron chi connectivity index (χ1n) is 5.92. The minimum absolute atomic E-state index is 0.251. The van der Waals surface area contributed by atoms with Crippen molar-refractivity contribution in [3.8, 4) is 5.75 Å². The van der Waals surface area contributed by atoms with E-state index in [-0.39, 0.29) is 11.9 Å². The molecule has 4 heteroatoms. The Labute approximate surface area is 117 Å². The molecule has 0 aliphatic carbocycles. The van der Waals surface area contributed by atoms with Gasteiger partial charge in [0.15, 0.2) is 0 Å². The topological polar surface area (TPSA) is 21.3 Å². The molecule has 2 aromatic carbocycles. The smallest absolute Gasteiger partial charge is 0.128 e. The normalized spacial score (nSPS) is 12.2. The van der Waals surface area contributed by atoms with Gasteiger partial charge in [-0.3, -0.25) is 0 Å². The van der Waals surface area contributed by atoms with Gasteiger partial charge >= 0.3 is 0 Å². The van der Waals surface area contributed by atoms with Gasteiger partial charge in [-0.15, -0.1) is 0 Å². The first-order valence-corrected chi connectivity index (χ1v) is 6.30. The molecule has 0 amide bonds. The van der Waals surface area contributed by atoms with Crippen molar-refractivity contribution in [3.63, 3.8) is 0 Å². The van der Waals surface area contributed by atoms with E-state index in [1.807, 2.05) is 12.1 Å². The molecule has 2 aromatic rings. The average molecular weight is 280 g/mol. The Morgan fingerprint density at radius 2 is 1.89 bits per heavy atom. The van der Waals surface area contributed by atoms with E-state index in [1.54, 1.807) is 38.4 Å². The van der Waals surface area contributed by atoms with Gasteiger partial charge in [-0.1, -0.05) is 35.9 Å². The molecule has 1 unspecified atom stereocenters. The molecule has 0 bridgehead atoms. The van der Waals surface area contributed by atoms with Gasteiger partial charge in [0.25, 0.3) is 0 Å². The van der Waals surface area contributed by atoms with Gasteiger partial charge in [-0.25, -0.2) is 4.39 Å². The van der Waals surface area contributed by atoms with Crippen LogP contribution in [0.25, 0.3) is 0 Å². The van der Waals surface area contributed by atoms with Crippen molar-refractivity contribution < 1.29 is 9.13 Å². The predicted octanol–water partition coefficient (Wildman–Crippen LogP) is 3.80. The Bertz CT molecular complexity index is 574. The summed E-state index contributed by atoms with van der Waals surface area (Å²) < 4.78 is 19.2. The first kappa shape index (κ1) is 13.8. The molecule has 2 nitrogen and oxygen atoms in total. The Balaban J connectivity index is 2.51. The summed E-state index contributed by atoms with van der Waals surface area (Å²) in [6.07, 6.45) is 0. The zero-order chi connectivity index (χ0) is 13.8. The lowest BCUT2D eigenvalue weighted by atomic mass is 9.97. The lowest BCUT2D eigenvalue weighted by Crippen LogP contribution is -2.19. The molecule has 100 valence electrons. The van der Waals surface area contributed by atoms with Crippen molar-refractivity contribution in [2.45, 2.75) is 6.04 Å². The van der Waals surface area contributed by atoms with Crippen LogP contribution in [0.5, 0.6) is 5.75 Å². The molecule has 1 atom stereocenters. The second-order valence-corrected chi connectivity index (χ2v) is 4.57. The fourth-order valence-electron chi connectivity index (χ4n) is 2.11. The Hall–Kier alpha value is -1.58. The number of hydrogen-bond acceptors (Lipinski definition) is 2. The summed E-state index contributed by atoms with van der Waals surface area (Å²) in [6, 6.07) is 11.7. The highest BCUT2D eigenvalue weighted by Crippen LogP contribution is 2.32. The maximum atomic E-state index is 13.9. The van der Waals surface area contributed by atoms with Crippen LogP contribution in [-0.4, -0.2) is 14.2 Å². The monoisotopic (exact) mass is 279 g/mol. The molecule has 19 heavy (non-hydrogen) atoms. The Morgan fingerprint density at radius 1 is 1.16 bits per heavy atom. The van der Waals surface area contributed by atoms with E-state index in [0.29, 0.717) is 16.3 Å². The molecule has 0 saturated heterocycles. The number of hydrogen-bond donors (Lipinski definition) is 1. The number of ether oxygens (including phenoxy) is 1. The van der Waals surface area contributed by atoms with Gasteiger partial charge in [-0.2, -0.15) is 0 Å². The predicted molar refractivity (Wildman–Crippen MR) is 75.3 cm³/mol. The summed E-state index contributed by atoms with van der Waals surface area (Å²) in [5.74, 6) is 0.383. The number of methoxy groups -OCH3 is 1. The van der Waals surface area contributed by atoms with Crippen molar-refractivity contribution >= 4 is 11.6 Å². The zero-order valence-electron chi connectivity index (χ0n) is 10.8. The summed E-state index contributed by atoms with van der Waals surface area (Å²) in [5, 5.41) is 3.69. The van der Waals surface area contributed by atoms with Crippen molar-refractivity contribution in [1.82, 2.24) is 5.32 Å². The van der Waals surface area contributed by atoms with Gasteiger partial charge in [-0.05, 0) is 25.2 Å². The third kappa shape index (κ3) is 2.88. The summed E-state index contributed by atoms with van der Waals surface area (Å²) in [5.41, 5.74) is 1.42. The SMILES string of the molecule is CNC(c1ccccc1F)c1ccc(Cl)cc1OC. The molecule has 1 N–H and O–H groups in total. The zero-order valence-corrected chi connectivity index (χ0v) is 11.5. The number of nitrogens with one attached hydrogen (secondary N) is 1. The van der Waals surface area contributed by atoms with Gasteiger partial charge in [0, 0.05) is 16.1 Å². The summed E-state index contributed by atoms with van der Waals surface area (Å²) in [6.45, 7) is 0. The van der Waals surface area contributed by atoms with E-state index in [0.717, 1.165) is 5.56 Å². The largest absolute Gasteiger partial charge is 0.496 e. The lowest BCUT2D eigenvalue weighted by molar-refractivity contribution is 0.404. The Morgan fingerprint density at radius 3 is 2.53 bits per heavy atom. The molecule has 0 spiro atoms. The maximum Gasteiger partial charge on any atom is 0.128 e. The number of halogens is 2. The Kier molecular flexibility index (Phi) is 4.40. The third-order valence-corrected chi connectivity index (χ3v) is 3.25. The van der Waals surface area contributed by atoms with Gasteiger partial charge in [0.2, 0.25) is 0 Å². The summed E-state index contributed by atoms with van der Waals surface area (Å²) in [7, 11) is 3.36. The first-order chi connectivity index (χ1) is 9.17. The second kappa shape index (κ2) is 6.04. The third-order valence-electron chi connectivity index (χ3n) is 3.01. The molecule has 0 fully saturated rings. The van der Waals surface area contributed by atoms with Crippen molar-refractivity contribution in [2.24, 2.45) is 0 Å². The molecule has 0 aliphatic heterocycles. The fraction of sp³-hybridized carbons (Fsp3) is 0.200.